The molecular formula is C33H71N. The average molecular weight is 482 g/mol. The summed E-state index contributed by atoms with van der Waals surface area (Å²) < 4.78 is 0. The first-order valence-corrected chi connectivity index (χ1v) is 15.2. The molecule has 1 nitrogen and oxygen atoms in total. The fourth-order valence-electron chi connectivity index (χ4n) is 3.75. The van der Waals surface area contributed by atoms with Crippen LogP contribution in [0.2, 0.25) is 0 Å². The third-order valence-corrected chi connectivity index (χ3v) is 6.51. The molecular weight excluding hydrogens is 410 g/mol. The van der Waals surface area contributed by atoms with Crippen LogP contribution in [0.5, 0.6) is 0 Å². The molecule has 1 saturated carbocycles. The van der Waals surface area contributed by atoms with Crippen LogP contribution in [0.25, 0.3) is 0 Å². The first-order valence-electron chi connectivity index (χ1n) is 15.2. The highest BCUT2D eigenvalue weighted by atomic mass is 14.7. The zero-order valence-electron chi connectivity index (χ0n) is 26.1. The molecule has 1 unspecified atom stereocenters. The van der Waals surface area contributed by atoms with Crippen LogP contribution in [0.1, 0.15) is 166 Å². The van der Waals surface area contributed by atoms with Crippen LogP contribution in [0.15, 0.2) is 24.8 Å². The van der Waals surface area contributed by atoms with Crippen LogP contribution in [-0.4, -0.2) is 5.54 Å². The van der Waals surface area contributed by atoms with E-state index in [1.807, 2.05) is 20.8 Å². The topological polar surface area (TPSA) is 26.0 Å². The smallest absolute Gasteiger partial charge is 0.0154 e. The summed E-state index contributed by atoms with van der Waals surface area (Å²) in [6.45, 7) is 27.3. The summed E-state index contributed by atoms with van der Waals surface area (Å²) in [5.74, 6) is 2.59. The van der Waals surface area contributed by atoms with Crippen molar-refractivity contribution in [2.45, 2.75) is 172 Å². The number of nitrogens with two attached hydrogens (primary N) is 1. The molecule has 34 heavy (non-hydrogen) atoms. The molecule has 208 valence electrons. The number of rotatable bonds is 11. The van der Waals surface area contributed by atoms with Gasteiger partial charge in [0.25, 0.3) is 0 Å². The van der Waals surface area contributed by atoms with E-state index in [1.165, 1.54) is 89.9 Å². The Morgan fingerprint density at radius 3 is 1.68 bits per heavy atom. The third-order valence-electron chi connectivity index (χ3n) is 6.51. The van der Waals surface area contributed by atoms with Gasteiger partial charge in [0.05, 0.1) is 0 Å². The predicted octanol–water partition coefficient (Wildman–Crippen LogP) is 11.9. The SMILES string of the molecule is C=CC.CC.CC/C=C\C(CC)CC.CCC(C)CCC1(N)CCCCC1.CCCCC(C)C. The lowest BCUT2D eigenvalue weighted by molar-refractivity contribution is 0.257. The molecule has 0 spiro atoms. The van der Waals surface area contributed by atoms with E-state index in [0.717, 1.165) is 17.8 Å². The van der Waals surface area contributed by atoms with Crippen molar-refractivity contribution in [3.05, 3.63) is 24.8 Å². The molecule has 0 aromatic carbocycles. The summed E-state index contributed by atoms with van der Waals surface area (Å²) >= 11 is 0. The quantitative estimate of drug-likeness (QED) is 0.292. The number of hydrogen-bond acceptors (Lipinski definition) is 1. The van der Waals surface area contributed by atoms with Gasteiger partial charge < -0.3 is 5.73 Å². The van der Waals surface area contributed by atoms with Gasteiger partial charge in [-0.2, -0.15) is 0 Å². The van der Waals surface area contributed by atoms with Crippen LogP contribution >= 0.6 is 0 Å². The Kier molecular flexibility index (Phi) is 38.7. The second-order valence-corrected chi connectivity index (χ2v) is 10.3. The van der Waals surface area contributed by atoms with E-state index >= 15 is 0 Å². The second-order valence-electron chi connectivity index (χ2n) is 10.3. The molecule has 0 aromatic heterocycles. The third kappa shape index (κ3) is 33.6. The lowest BCUT2D eigenvalue weighted by Crippen LogP contribution is -2.41. The lowest BCUT2D eigenvalue weighted by atomic mass is 9.78. The summed E-state index contributed by atoms with van der Waals surface area (Å²) in [4.78, 5) is 0. The number of hydrogen-bond donors (Lipinski definition) is 1. The van der Waals surface area contributed by atoms with Gasteiger partial charge in [0, 0.05) is 5.54 Å². The van der Waals surface area contributed by atoms with Gasteiger partial charge in [-0.15, -0.1) is 6.58 Å². The maximum atomic E-state index is 6.36. The molecule has 0 aliphatic heterocycles. The monoisotopic (exact) mass is 482 g/mol. The average Bonchev–Trinajstić information content (AvgIpc) is 2.85. The van der Waals surface area contributed by atoms with E-state index < -0.39 is 0 Å². The predicted molar refractivity (Wildman–Crippen MR) is 164 cm³/mol. The van der Waals surface area contributed by atoms with Gasteiger partial charge in [-0.1, -0.05) is 132 Å². The van der Waals surface area contributed by atoms with Crippen LogP contribution in [0, 0.1) is 17.8 Å². The highest BCUT2D eigenvalue weighted by Gasteiger charge is 2.26. The van der Waals surface area contributed by atoms with Crippen LogP contribution in [0.4, 0.5) is 0 Å². The van der Waals surface area contributed by atoms with E-state index in [0.29, 0.717) is 0 Å². The largest absolute Gasteiger partial charge is 0.325 e. The molecule has 0 radical (unpaired) electrons. The minimum atomic E-state index is 0.210. The molecule has 1 heteroatoms. The van der Waals surface area contributed by atoms with Gasteiger partial charge in [0.2, 0.25) is 0 Å². The summed E-state index contributed by atoms with van der Waals surface area (Å²) in [5, 5.41) is 0. The van der Waals surface area contributed by atoms with Crippen molar-refractivity contribution in [2.24, 2.45) is 23.5 Å². The Hall–Kier alpha value is -0.560. The maximum Gasteiger partial charge on any atom is 0.0154 e. The maximum absolute atomic E-state index is 6.36. The van der Waals surface area contributed by atoms with E-state index in [9.17, 15) is 0 Å². The normalized spacial score (nSPS) is 15.0. The van der Waals surface area contributed by atoms with Crippen molar-refractivity contribution in [3.63, 3.8) is 0 Å². The molecule has 1 aliphatic rings. The van der Waals surface area contributed by atoms with Crippen LogP contribution in [-0.2, 0) is 0 Å². The van der Waals surface area contributed by atoms with E-state index in [2.05, 4.69) is 74.1 Å². The fraction of sp³-hybridized carbons (Fsp3) is 0.879. The first-order chi connectivity index (χ1) is 16.2. The first kappa shape index (κ1) is 40.6. The Balaban J connectivity index is -0.000000189. The van der Waals surface area contributed by atoms with Crippen molar-refractivity contribution < 1.29 is 0 Å². The van der Waals surface area contributed by atoms with Gasteiger partial charge in [-0.05, 0) is 69.6 Å². The molecule has 0 bridgehead atoms. The van der Waals surface area contributed by atoms with Crippen LogP contribution in [0.3, 0.4) is 0 Å². The van der Waals surface area contributed by atoms with Crippen molar-refractivity contribution in [2.75, 3.05) is 0 Å². The Bertz CT molecular complexity index is 372. The molecule has 0 aromatic rings. The summed E-state index contributed by atoms with van der Waals surface area (Å²) in [5.41, 5.74) is 6.57. The number of allylic oxidation sites excluding steroid dienone is 3. The van der Waals surface area contributed by atoms with Crippen molar-refractivity contribution in [1.29, 1.82) is 0 Å². The van der Waals surface area contributed by atoms with Gasteiger partial charge in [0.15, 0.2) is 0 Å². The lowest BCUT2D eigenvalue weighted by Gasteiger charge is -2.34. The van der Waals surface area contributed by atoms with Gasteiger partial charge in [-0.25, -0.2) is 0 Å². The Morgan fingerprint density at radius 2 is 1.35 bits per heavy atom. The number of unbranched alkanes of at least 4 members (excludes halogenated alkanes) is 1. The highest BCUT2D eigenvalue weighted by molar-refractivity contribution is 4.87. The molecule has 0 heterocycles. The van der Waals surface area contributed by atoms with E-state index in [4.69, 9.17) is 5.73 Å². The van der Waals surface area contributed by atoms with Gasteiger partial charge in [-0.3, -0.25) is 0 Å². The van der Waals surface area contributed by atoms with Gasteiger partial charge >= 0.3 is 0 Å². The standard InChI is InChI=1S/C12H25N.C9H18.C7H16.C3H6.C2H6/c1-3-11(2)7-10-12(13)8-5-4-6-9-12;1-4-7-8-9(5-2)6-3;1-4-5-6-7(2)3;1-3-2;1-2/h11H,3-10,13H2,1-2H3;7-9H,4-6H2,1-3H3;7H,4-6H2,1-3H3;3H,1H2,2H3;1-2H3/b;8-7-;;;. The molecule has 0 amide bonds. The molecule has 1 fully saturated rings. The fourth-order valence-corrected chi connectivity index (χ4v) is 3.75. The molecule has 1 atom stereocenters. The van der Waals surface area contributed by atoms with E-state index in [-0.39, 0.29) is 5.54 Å². The van der Waals surface area contributed by atoms with Crippen molar-refractivity contribution in [1.82, 2.24) is 0 Å². The minimum Gasteiger partial charge on any atom is -0.325 e. The molecule has 1 rings (SSSR count). The minimum absolute atomic E-state index is 0.210. The van der Waals surface area contributed by atoms with Crippen LogP contribution < -0.4 is 5.73 Å². The summed E-state index contributed by atoms with van der Waals surface area (Å²) in [6, 6.07) is 0. The second kappa shape index (κ2) is 32.4. The Labute approximate surface area is 219 Å². The van der Waals surface area contributed by atoms with Gasteiger partial charge in [0.1, 0.15) is 0 Å². The summed E-state index contributed by atoms with van der Waals surface area (Å²) in [6.07, 6.45) is 24.8. The zero-order valence-corrected chi connectivity index (χ0v) is 26.1. The molecule has 2 N–H and O–H groups in total. The Morgan fingerprint density at radius 1 is 0.853 bits per heavy atom. The zero-order chi connectivity index (χ0) is 27.3. The van der Waals surface area contributed by atoms with Crippen molar-refractivity contribution in [3.8, 4) is 0 Å². The molecule has 0 saturated heterocycles. The van der Waals surface area contributed by atoms with E-state index in [1.54, 1.807) is 6.08 Å². The highest BCUT2D eigenvalue weighted by Crippen LogP contribution is 2.31. The van der Waals surface area contributed by atoms with Crippen molar-refractivity contribution >= 4 is 0 Å². The summed E-state index contributed by atoms with van der Waals surface area (Å²) in [7, 11) is 0. The molecule has 1 aliphatic carbocycles.